The topological polar surface area (TPSA) is 141 Å². The van der Waals surface area contributed by atoms with Crippen molar-refractivity contribution in [3.8, 4) is 5.75 Å². The molecule has 2 aromatic rings. The molecule has 0 aliphatic carbocycles. The third-order valence-electron chi connectivity index (χ3n) is 4.45. The molecule has 0 radical (unpaired) electrons. The lowest BCUT2D eigenvalue weighted by Gasteiger charge is -2.23. The smallest absolute Gasteiger partial charge is 0.333 e. The monoisotopic (exact) mass is 434 g/mol. The number of anilines is 1. The summed E-state index contributed by atoms with van der Waals surface area (Å²) < 4.78 is 10.8. The van der Waals surface area contributed by atoms with Gasteiger partial charge in [0.2, 0.25) is 5.91 Å². The van der Waals surface area contributed by atoms with Crippen molar-refractivity contribution in [2.75, 3.05) is 19.0 Å². The summed E-state index contributed by atoms with van der Waals surface area (Å²) in [4.78, 5) is 24.5. The predicted octanol–water partition coefficient (Wildman–Crippen LogP) is 2.78. The zero-order valence-electron chi connectivity index (χ0n) is 17.2. The SMILES string of the molecule is CCOC(=O)C(Nc1ccc(C(=N)N)cc1)c1ccc(C(N)=O)c(CC)c1OC.Cl. The van der Waals surface area contributed by atoms with Gasteiger partial charge in [0.05, 0.1) is 13.7 Å². The fourth-order valence-electron chi connectivity index (χ4n) is 3.10. The van der Waals surface area contributed by atoms with Crippen LogP contribution in [0.4, 0.5) is 5.69 Å². The number of carbonyl (C=O) groups excluding carboxylic acids is 2. The highest BCUT2D eigenvalue weighted by atomic mass is 35.5. The molecule has 0 saturated carbocycles. The third kappa shape index (κ3) is 5.42. The van der Waals surface area contributed by atoms with E-state index in [1.54, 1.807) is 43.3 Å². The molecule has 0 heterocycles. The number of hydrogen-bond acceptors (Lipinski definition) is 6. The molecule has 30 heavy (non-hydrogen) atoms. The van der Waals surface area contributed by atoms with Gasteiger partial charge >= 0.3 is 5.97 Å². The van der Waals surface area contributed by atoms with Crippen LogP contribution in [0.15, 0.2) is 36.4 Å². The molecular formula is C21H27ClN4O4. The van der Waals surface area contributed by atoms with Crippen molar-refractivity contribution in [2.45, 2.75) is 26.3 Å². The number of esters is 1. The van der Waals surface area contributed by atoms with E-state index in [9.17, 15) is 9.59 Å². The molecule has 1 unspecified atom stereocenters. The second-order valence-corrected chi connectivity index (χ2v) is 6.25. The summed E-state index contributed by atoms with van der Waals surface area (Å²) in [6.45, 7) is 3.81. The lowest BCUT2D eigenvalue weighted by atomic mass is 9.95. The Morgan fingerprint density at radius 2 is 1.73 bits per heavy atom. The molecule has 1 amide bonds. The molecule has 162 valence electrons. The van der Waals surface area contributed by atoms with E-state index in [1.807, 2.05) is 6.92 Å². The normalized spacial score (nSPS) is 11.0. The van der Waals surface area contributed by atoms with E-state index < -0.39 is 17.9 Å². The Hall–Kier alpha value is -3.26. The molecule has 6 N–H and O–H groups in total. The summed E-state index contributed by atoms with van der Waals surface area (Å²) in [5.41, 5.74) is 13.7. The first-order valence-electron chi connectivity index (χ1n) is 9.21. The number of nitrogens with one attached hydrogen (secondary N) is 2. The molecule has 0 aromatic heterocycles. The molecule has 8 nitrogen and oxygen atoms in total. The Kier molecular flexibility index (Phi) is 9.14. The van der Waals surface area contributed by atoms with Crippen molar-refractivity contribution < 1.29 is 19.1 Å². The van der Waals surface area contributed by atoms with Crippen LogP contribution >= 0.6 is 12.4 Å². The van der Waals surface area contributed by atoms with Crippen LogP contribution in [0.5, 0.6) is 5.75 Å². The Bertz CT molecular complexity index is 916. The van der Waals surface area contributed by atoms with Crippen LogP contribution in [0.3, 0.4) is 0 Å². The van der Waals surface area contributed by atoms with Crippen molar-refractivity contribution >= 4 is 35.8 Å². The van der Waals surface area contributed by atoms with Gasteiger partial charge in [-0.25, -0.2) is 4.79 Å². The van der Waals surface area contributed by atoms with E-state index in [0.717, 1.165) is 0 Å². The van der Waals surface area contributed by atoms with Gasteiger partial charge in [-0.2, -0.15) is 0 Å². The van der Waals surface area contributed by atoms with Crippen LogP contribution < -0.4 is 21.5 Å². The number of primary amides is 1. The first kappa shape index (κ1) is 24.8. The van der Waals surface area contributed by atoms with E-state index in [4.69, 9.17) is 26.4 Å². The highest BCUT2D eigenvalue weighted by Crippen LogP contribution is 2.34. The Balaban J connectivity index is 0.00000450. The van der Waals surface area contributed by atoms with Gasteiger partial charge in [-0.05, 0) is 43.7 Å². The molecule has 2 aromatic carbocycles. The summed E-state index contributed by atoms with van der Waals surface area (Å²) in [6, 6.07) is 9.14. The van der Waals surface area contributed by atoms with Crippen molar-refractivity contribution in [2.24, 2.45) is 11.5 Å². The zero-order valence-corrected chi connectivity index (χ0v) is 18.0. The Labute approximate surface area is 181 Å². The maximum absolute atomic E-state index is 12.7. The van der Waals surface area contributed by atoms with Gasteiger partial charge in [-0.3, -0.25) is 10.2 Å². The third-order valence-corrected chi connectivity index (χ3v) is 4.45. The van der Waals surface area contributed by atoms with Crippen molar-refractivity contribution in [3.05, 3.63) is 58.7 Å². The van der Waals surface area contributed by atoms with E-state index in [2.05, 4.69) is 5.32 Å². The van der Waals surface area contributed by atoms with E-state index in [-0.39, 0.29) is 24.8 Å². The maximum Gasteiger partial charge on any atom is 0.333 e. The van der Waals surface area contributed by atoms with Gasteiger partial charge in [-0.1, -0.05) is 13.0 Å². The molecule has 0 bridgehead atoms. The number of halogens is 1. The fourth-order valence-corrected chi connectivity index (χ4v) is 3.10. The van der Waals surface area contributed by atoms with Crippen LogP contribution in [-0.2, 0) is 16.0 Å². The summed E-state index contributed by atoms with van der Waals surface area (Å²) in [5, 5.41) is 10.6. The minimum atomic E-state index is -0.875. The van der Waals surface area contributed by atoms with E-state index in [0.29, 0.717) is 40.1 Å². The standard InChI is InChI=1S/C21H26N4O4.ClH/c1-4-14-15(20(24)26)10-11-16(18(14)28-3)17(21(27)29-5-2)25-13-8-6-12(7-9-13)19(22)23;/h6-11,17,25H,4-5H2,1-3H3,(H3,22,23)(H2,24,26);1H. The summed E-state index contributed by atoms with van der Waals surface area (Å²) in [7, 11) is 1.48. The van der Waals surface area contributed by atoms with E-state index >= 15 is 0 Å². The van der Waals surface area contributed by atoms with Crippen molar-refractivity contribution in [3.63, 3.8) is 0 Å². The average Bonchev–Trinajstić information content (AvgIpc) is 2.71. The molecule has 1 atom stereocenters. The summed E-state index contributed by atoms with van der Waals surface area (Å²) >= 11 is 0. The van der Waals surface area contributed by atoms with Gasteiger partial charge in [0.25, 0.3) is 0 Å². The molecule has 0 fully saturated rings. The minimum absolute atomic E-state index is 0. The number of ether oxygens (including phenoxy) is 2. The van der Waals surface area contributed by atoms with Crippen LogP contribution in [0.25, 0.3) is 0 Å². The van der Waals surface area contributed by atoms with Gasteiger partial charge in [0.15, 0.2) is 6.04 Å². The first-order valence-corrected chi connectivity index (χ1v) is 9.21. The first-order chi connectivity index (χ1) is 13.8. The number of carbonyl (C=O) groups is 2. The van der Waals surface area contributed by atoms with Crippen LogP contribution in [0.2, 0.25) is 0 Å². The molecule has 0 aliphatic heterocycles. The van der Waals surface area contributed by atoms with Crippen molar-refractivity contribution in [1.29, 1.82) is 5.41 Å². The molecule has 0 spiro atoms. The van der Waals surface area contributed by atoms with Crippen molar-refractivity contribution in [1.82, 2.24) is 0 Å². The number of amidine groups is 1. The molecule has 2 rings (SSSR count). The van der Waals surface area contributed by atoms with Gasteiger partial charge < -0.3 is 26.3 Å². The summed E-state index contributed by atoms with van der Waals surface area (Å²) in [6.07, 6.45) is 0.498. The van der Waals surface area contributed by atoms with E-state index in [1.165, 1.54) is 7.11 Å². The lowest BCUT2D eigenvalue weighted by Crippen LogP contribution is -2.25. The number of nitrogens with two attached hydrogens (primary N) is 2. The number of methoxy groups -OCH3 is 1. The van der Waals surface area contributed by atoms with Gasteiger partial charge in [0.1, 0.15) is 11.6 Å². The molecular weight excluding hydrogens is 408 g/mol. The van der Waals surface area contributed by atoms with Gasteiger partial charge in [0, 0.05) is 27.9 Å². The van der Waals surface area contributed by atoms with Gasteiger partial charge in [-0.15, -0.1) is 12.4 Å². The minimum Gasteiger partial charge on any atom is -0.496 e. The largest absolute Gasteiger partial charge is 0.496 e. The molecule has 0 aliphatic rings. The lowest BCUT2D eigenvalue weighted by molar-refractivity contribution is -0.144. The Morgan fingerprint density at radius 1 is 1.10 bits per heavy atom. The predicted molar refractivity (Wildman–Crippen MR) is 119 cm³/mol. The van der Waals surface area contributed by atoms with Crippen LogP contribution in [-0.4, -0.2) is 31.4 Å². The highest BCUT2D eigenvalue weighted by Gasteiger charge is 2.28. The summed E-state index contributed by atoms with van der Waals surface area (Å²) in [5.74, 6) is -0.688. The highest BCUT2D eigenvalue weighted by molar-refractivity contribution is 5.96. The van der Waals surface area contributed by atoms with Crippen LogP contribution in [0.1, 0.15) is 46.9 Å². The number of benzene rings is 2. The number of hydrogen-bond donors (Lipinski definition) is 4. The number of amides is 1. The quantitative estimate of drug-likeness (QED) is 0.271. The average molecular weight is 435 g/mol. The second kappa shape index (κ2) is 11.1. The maximum atomic E-state index is 12.7. The second-order valence-electron chi connectivity index (χ2n) is 6.25. The fraction of sp³-hybridized carbons (Fsp3) is 0.286. The molecule has 0 saturated heterocycles. The van der Waals surface area contributed by atoms with Crippen LogP contribution in [0, 0.1) is 5.41 Å². The number of nitrogen functional groups attached to an aromatic ring is 1. The zero-order chi connectivity index (χ0) is 21.6. The number of rotatable bonds is 9. The molecule has 9 heteroatoms. The Morgan fingerprint density at radius 3 is 2.20 bits per heavy atom.